The maximum absolute atomic E-state index is 8.55. The first-order valence-electron chi connectivity index (χ1n) is 4.31. The molecule has 1 N–H and O–H groups in total. The summed E-state index contributed by atoms with van der Waals surface area (Å²) in [5.74, 6) is 0. The van der Waals surface area contributed by atoms with Gasteiger partial charge in [-0.2, -0.15) is 0 Å². The van der Waals surface area contributed by atoms with Crippen molar-refractivity contribution in [1.29, 1.82) is 0 Å². The van der Waals surface area contributed by atoms with Crippen LogP contribution in [0.3, 0.4) is 0 Å². The summed E-state index contributed by atoms with van der Waals surface area (Å²) in [6.07, 6.45) is 3.26. The molecule has 0 aliphatic heterocycles. The SMILES string of the molecule is CC=COB(O[B]O)c1ccccc1. The molecule has 71 valence electrons. The molecule has 0 atom stereocenters. The summed E-state index contributed by atoms with van der Waals surface area (Å²) in [4.78, 5) is 0. The van der Waals surface area contributed by atoms with Gasteiger partial charge in [0, 0.05) is 0 Å². The Balaban J connectivity index is 2.67. The highest BCUT2D eigenvalue weighted by Gasteiger charge is 2.21. The van der Waals surface area contributed by atoms with Crippen molar-refractivity contribution >= 4 is 20.3 Å². The van der Waals surface area contributed by atoms with Crippen LogP contribution in [0.5, 0.6) is 0 Å². The van der Waals surface area contributed by atoms with Gasteiger partial charge in [-0.1, -0.05) is 36.4 Å². The van der Waals surface area contributed by atoms with E-state index < -0.39 is 7.12 Å². The predicted molar refractivity (Wildman–Crippen MR) is 56.8 cm³/mol. The van der Waals surface area contributed by atoms with Crippen molar-refractivity contribution in [2.24, 2.45) is 0 Å². The third-order valence-electron chi connectivity index (χ3n) is 1.59. The quantitative estimate of drug-likeness (QED) is 0.540. The maximum Gasteiger partial charge on any atom is 0.548 e. The highest BCUT2D eigenvalue weighted by molar-refractivity contribution is 6.65. The van der Waals surface area contributed by atoms with Crippen LogP contribution in [0.4, 0.5) is 0 Å². The molecule has 14 heavy (non-hydrogen) atoms. The lowest BCUT2D eigenvalue weighted by atomic mass is 9.78. The van der Waals surface area contributed by atoms with E-state index in [1.165, 1.54) is 6.26 Å². The molecule has 0 aromatic heterocycles. The van der Waals surface area contributed by atoms with Crippen LogP contribution in [-0.4, -0.2) is 19.8 Å². The topological polar surface area (TPSA) is 38.7 Å². The summed E-state index contributed by atoms with van der Waals surface area (Å²) in [6, 6.07) is 9.37. The first-order valence-corrected chi connectivity index (χ1v) is 4.31. The van der Waals surface area contributed by atoms with Gasteiger partial charge in [-0.25, -0.2) is 0 Å². The zero-order chi connectivity index (χ0) is 10.2. The standard InChI is InChI=1S/C9H11B2O3/c1-2-8-13-11(14-10-12)9-6-4-3-5-7-9/h2-8,12H,1H3. The van der Waals surface area contributed by atoms with Gasteiger partial charge in [0.25, 0.3) is 0 Å². The molecule has 0 saturated heterocycles. The molecular formula is C9H11B2O3. The predicted octanol–water partition coefficient (Wildman–Crippen LogP) is 0.475. The summed E-state index contributed by atoms with van der Waals surface area (Å²) in [5, 5.41) is 8.55. The van der Waals surface area contributed by atoms with E-state index in [1.54, 1.807) is 6.08 Å². The molecule has 0 bridgehead atoms. The highest BCUT2D eigenvalue weighted by atomic mass is 16.6. The summed E-state index contributed by atoms with van der Waals surface area (Å²) >= 11 is 0. The number of benzene rings is 1. The Labute approximate surface area is 84.8 Å². The van der Waals surface area contributed by atoms with Crippen LogP contribution in [0, 0.1) is 0 Å². The molecule has 0 amide bonds. The fraction of sp³-hybridized carbons (Fsp3) is 0.111. The van der Waals surface area contributed by atoms with E-state index in [-0.39, 0.29) is 0 Å². The molecule has 0 unspecified atom stereocenters. The molecule has 0 spiro atoms. The first kappa shape index (κ1) is 10.9. The van der Waals surface area contributed by atoms with Crippen LogP contribution in [0.15, 0.2) is 42.7 Å². The van der Waals surface area contributed by atoms with Crippen molar-refractivity contribution in [2.75, 3.05) is 0 Å². The van der Waals surface area contributed by atoms with Crippen molar-refractivity contribution in [3.8, 4) is 0 Å². The zero-order valence-electron chi connectivity index (χ0n) is 7.96. The summed E-state index contributed by atoms with van der Waals surface area (Å²) in [5.41, 5.74) is 0.843. The van der Waals surface area contributed by atoms with Crippen LogP contribution in [0.2, 0.25) is 0 Å². The second-order valence-electron chi connectivity index (χ2n) is 2.59. The fourth-order valence-electron chi connectivity index (χ4n) is 1.00. The van der Waals surface area contributed by atoms with Gasteiger partial charge in [0.15, 0.2) is 0 Å². The Morgan fingerprint density at radius 1 is 1.36 bits per heavy atom. The number of hydrogen-bond donors (Lipinski definition) is 1. The van der Waals surface area contributed by atoms with Crippen molar-refractivity contribution in [3.63, 3.8) is 0 Å². The minimum Gasteiger partial charge on any atom is -0.539 e. The summed E-state index contributed by atoms with van der Waals surface area (Å²) < 4.78 is 10.1. The first-order chi connectivity index (χ1) is 6.88. The lowest BCUT2D eigenvalue weighted by Gasteiger charge is -2.10. The minimum absolute atomic E-state index is 0.600. The average Bonchev–Trinajstić information content (AvgIpc) is 2.25. The third kappa shape index (κ3) is 3.28. The van der Waals surface area contributed by atoms with E-state index in [0.717, 1.165) is 5.46 Å². The average molecular weight is 189 g/mol. The monoisotopic (exact) mass is 189 g/mol. The summed E-state index contributed by atoms with van der Waals surface area (Å²) in [6.45, 7) is 1.84. The van der Waals surface area contributed by atoms with E-state index in [9.17, 15) is 0 Å². The Kier molecular flexibility index (Phi) is 4.89. The molecule has 1 aromatic carbocycles. The van der Waals surface area contributed by atoms with E-state index >= 15 is 0 Å². The molecule has 0 aliphatic carbocycles. The zero-order valence-corrected chi connectivity index (χ0v) is 7.96. The van der Waals surface area contributed by atoms with Gasteiger partial charge < -0.3 is 14.3 Å². The Morgan fingerprint density at radius 3 is 2.64 bits per heavy atom. The maximum atomic E-state index is 8.55. The molecule has 3 nitrogen and oxygen atoms in total. The van der Waals surface area contributed by atoms with Crippen molar-refractivity contribution in [2.45, 2.75) is 6.92 Å². The number of allylic oxidation sites excluding steroid dienone is 1. The molecule has 5 heteroatoms. The van der Waals surface area contributed by atoms with Gasteiger partial charge in [-0.05, 0) is 12.4 Å². The van der Waals surface area contributed by atoms with Gasteiger partial charge in [0.1, 0.15) is 0 Å². The molecule has 0 saturated carbocycles. The van der Waals surface area contributed by atoms with Gasteiger partial charge in [0.05, 0.1) is 6.26 Å². The van der Waals surface area contributed by atoms with Crippen molar-refractivity contribution < 1.29 is 14.3 Å². The second kappa shape index (κ2) is 6.29. The minimum atomic E-state index is -0.600. The van der Waals surface area contributed by atoms with Crippen molar-refractivity contribution in [3.05, 3.63) is 42.7 Å². The summed E-state index contributed by atoms with van der Waals surface area (Å²) in [7, 11) is 0.0265. The molecule has 1 rings (SSSR count). The Hall–Kier alpha value is -1.19. The molecule has 0 heterocycles. The van der Waals surface area contributed by atoms with E-state index in [4.69, 9.17) is 14.3 Å². The van der Waals surface area contributed by atoms with Gasteiger partial charge in [-0.3, -0.25) is 0 Å². The third-order valence-corrected chi connectivity index (χ3v) is 1.59. The molecular weight excluding hydrogens is 178 g/mol. The lowest BCUT2D eigenvalue weighted by molar-refractivity contribution is 0.367. The van der Waals surface area contributed by atoms with Gasteiger partial charge in [-0.15, -0.1) is 0 Å². The smallest absolute Gasteiger partial charge is 0.539 e. The highest BCUT2D eigenvalue weighted by Crippen LogP contribution is 1.93. The Morgan fingerprint density at radius 2 is 2.07 bits per heavy atom. The Bertz CT molecular complexity index is 277. The largest absolute Gasteiger partial charge is 0.548 e. The molecule has 1 radical (unpaired) electrons. The molecule has 0 aliphatic rings. The van der Waals surface area contributed by atoms with Crippen LogP contribution in [0.1, 0.15) is 6.92 Å². The molecule has 1 aromatic rings. The van der Waals surface area contributed by atoms with Crippen LogP contribution >= 0.6 is 0 Å². The van der Waals surface area contributed by atoms with E-state index in [1.807, 2.05) is 37.3 Å². The van der Waals surface area contributed by atoms with E-state index in [2.05, 4.69) is 0 Å². The second-order valence-corrected chi connectivity index (χ2v) is 2.59. The molecule has 0 fully saturated rings. The lowest BCUT2D eigenvalue weighted by Crippen LogP contribution is -2.36. The van der Waals surface area contributed by atoms with Crippen LogP contribution in [0.25, 0.3) is 0 Å². The normalized spacial score (nSPS) is 10.1. The van der Waals surface area contributed by atoms with Gasteiger partial charge >= 0.3 is 14.8 Å². The number of hydrogen-bond acceptors (Lipinski definition) is 3. The fourth-order valence-corrected chi connectivity index (χ4v) is 1.00. The van der Waals surface area contributed by atoms with Crippen molar-refractivity contribution in [1.82, 2.24) is 0 Å². The van der Waals surface area contributed by atoms with Crippen LogP contribution < -0.4 is 5.46 Å². The van der Waals surface area contributed by atoms with Crippen LogP contribution in [-0.2, 0) is 9.23 Å². The van der Waals surface area contributed by atoms with Gasteiger partial charge in [0.2, 0.25) is 0 Å². The number of rotatable bonds is 5. The van der Waals surface area contributed by atoms with E-state index in [0.29, 0.717) is 7.69 Å².